The van der Waals surface area contributed by atoms with Crippen molar-refractivity contribution >= 4 is 5.69 Å². The van der Waals surface area contributed by atoms with Gasteiger partial charge in [-0.1, -0.05) is 0 Å². The van der Waals surface area contributed by atoms with Crippen molar-refractivity contribution in [2.45, 2.75) is 0 Å². The Morgan fingerprint density at radius 2 is 2.12 bits per heavy atom. The van der Waals surface area contributed by atoms with E-state index >= 15 is 0 Å². The summed E-state index contributed by atoms with van der Waals surface area (Å²) >= 11 is 0. The Hall–Kier alpha value is -2.49. The van der Waals surface area contributed by atoms with Crippen LogP contribution in [0.25, 0.3) is 5.69 Å². The van der Waals surface area contributed by atoms with Gasteiger partial charge in [0.05, 0.1) is 11.4 Å². The zero-order valence-corrected chi connectivity index (χ0v) is 7.85. The summed E-state index contributed by atoms with van der Waals surface area (Å²) in [5.74, 6) is -1.77. The lowest BCUT2D eigenvalue weighted by molar-refractivity contribution is 0.583. The van der Waals surface area contributed by atoms with E-state index in [0.29, 0.717) is 6.07 Å². The van der Waals surface area contributed by atoms with Gasteiger partial charge < -0.3 is 5.73 Å². The normalized spacial score (nSPS) is 10.1. The molecule has 2 N–H and O–H groups in total. The van der Waals surface area contributed by atoms with Crippen molar-refractivity contribution in [1.82, 2.24) is 14.8 Å². The maximum atomic E-state index is 13.1. The quantitative estimate of drug-likeness (QED) is 0.728. The largest absolute Gasteiger partial charge is 0.395 e. The van der Waals surface area contributed by atoms with Crippen LogP contribution in [0.5, 0.6) is 0 Å². The molecule has 7 heteroatoms. The maximum Gasteiger partial charge on any atom is 0.252 e. The smallest absolute Gasteiger partial charge is 0.252 e. The van der Waals surface area contributed by atoms with Crippen molar-refractivity contribution in [2.24, 2.45) is 0 Å². The summed E-state index contributed by atoms with van der Waals surface area (Å²) in [5.41, 5.74) is 5.17. The Bertz CT molecular complexity index is 584. The summed E-state index contributed by atoms with van der Waals surface area (Å²) in [5, 5.41) is 12.2. The molecule has 2 aromatic rings. The molecule has 2 rings (SSSR count). The van der Waals surface area contributed by atoms with E-state index in [1.54, 1.807) is 6.07 Å². The molecule has 0 radical (unpaired) electrons. The fourth-order valence-electron chi connectivity index (χ4n) is 1.19. The second-order valence-corrected chi connectivity index (χ2v) is 2.94. The van der Waals surface area contributed by atoms with Crippen molar-refractivity contribution in [3.05, 3.63) is 35.9 Å². The van der Waals surface area contributed by atoms with Crippen LogP contribution in [0.2, 0.25) is 0 Å². The van der Waals surface area contributed by atoms with E-state index in [4.69, 9.17) is 11.0 Å². The fourth-order valence-corrected chi connectivity index (χ4v) is 1.19. The third-order valence-electron chi connectivity index (χ3n) is 1.91. The molecule has 0 aliphatic heterocycles. The van der Waals surface area contributed by atoms with E-state index in [1.807, 2.05) is 0 Å². The molecule has 0 atom stereocenters. The van der Waals surface area contributed by atoms with Crippen LogP contribution in [-0.4, -0.2) is 14.8 Å². The van der Waals surface area contributed by atoms with Gasteiger partial charge in [-0.3, -0.25) is 0 Å². The van der Waals surface area contributed by atoms with Gasteiger partial charge in [-0.25, -0.2) is 18.4 Å². The van der Waals surface area contributed by atoms with Crippen LogP contribution in [0.1, 0.15) is 5.82 Å². The average molecular weight is 221 g/mol. The topological polar surface area (TPSA) is 80.5 Å². The highest BCUT2D eigenvalue weighted by atomic mass is 19.1. The molecule has 80 valence electrons. The van der Waals surface area contributed by atoms with Gasteiger partial charge >= 0.3 is 0 Å². The SMILES string of the molecule is N#Cc1ncn(-c2cc(F)cc(F)c2N)n1. The van der Waals surface area contributed by atoms with Crippen LogP contribution < -0.4 is 5.73 Å². The summed E-state index contributed by atoms with van der Waals surface area (Å²) in [7, 11) is 0. The Morgan fingerprint density at radius 3 is 2.75 bits per heavy atom. The number of benzene rings is 1. The summed E-state index contributed by atoms with van der Waals surface area (Å²) in [4.78, 5) is 3.60. The molecular formula is C9H5F2N5. The van der Waals surface area contributed by atoms with E-state index < -0.39 is 11.6 Å². The van der Waals surface area contributed by atoms with Crippen molar-refractivity contribution in [2.75, 3.05) is 5.73 Å². The molecule has 0 saturated heterocycles. The van der Waals surface area contributed by atoms with Crippen molar-refractivity contribution in [3.63, 3.8) is 0 Å². The average Bonchev–Trinajstić information content (AvgIpc) is 2.71. The Balaban J connectivity index is 2.60. The molecule has 0 bridgehead atoms. The van der Waals surface area contributed by atoms with Gasteiger partial charge in [-0.05, 0) is 0 Å². The van der Waals surface area contributed by atoms with Gasteiger partial charge in [0.1, 0.15) is 18.2 Å². The van der Waals surface area contributed by atoms with E-state index in [2.05, 4.69) is 10.1 Å². The highest BCUT2D eigenvalue weighted by Gasteiger charge is 2.11. The molecule has 5 nitrogen and oxygen atoms in total. The minimum Gasteiger partial charge on any atom is -0.395 e. The van der Waals surface area contributed by atoms with Gasteiger partial charge in [0.2, 0.25) is 0 Å². The number of anilines is 1. The molecule has 1 aromatic carbocycles. The van der Waals surface area contributed by atoms with Gasteiger partial charge in [0.15, 0.2) is 5.82 Å². The van der Waals surface area contributed by atoms with E-state index in [9.17, 15) is 8.78 Å². The lowest BCUT2D eigenvalue weighted by Crippen LogP contribution is -2.04. The predicted octanol–water partition coefficient (Wildman–Crippen LogP) is 0.999. The molecule has 0 aliphatic carbocycles. The summed E-state index contributed by atoms with van der Waals surface area (Å²) in [6.07, 6.45) is 1.16. The first-order valence-corrected chi connectivity index (χ1v) is 4.18. The van der Waals surface area contributed by atoms with Gasteiger partial charge in [-0.15, -0.1) is 5.10 Å². The zero-order valence-electron chi connectivity index (χ0n) is 7.85. The molecule has 0 amide bonds. The monoisotopic (exact) mass is 221 g/mol. The van der Waals surface area contributed by atoms with Crippen LogP contribution >= 0.6 is 0 Å². The maximum absolute atomic E-state index is 13.1. The van der Waals surface area contributed by atoms with Gasteiger partial charge in [-0.2, -0.15) is 5.26 Å². The minimum atomic E-state index is -0.885. The summed E-state index contributed by atoms with van der Waals surface area (Å²) in [6.45, 7) is 0. The Kier molecular flexibility index (Phi) is 2.25. The minimum absolute atomic E-state index is 0.00602. The number of nitrogen functional groups attached to an aromatic ring is 1. The van der Waals surface area contributed by atoms with Crippen LogP contribution in [-0.2, 0) is 0 Å². The third kappa shape index (κ3) is 1.56. The van der Waals surface area contributed by atoms with Crippen molar-refractivity contribution in [3.8, 4) is 11.8 Å². The first-order valence-electron chi connectivity index (χ1n) is 4.18. The van der Waals surface area contributed by atoms with Gasteiger partial charge in [0.25, 0.3) is 5.82 Å². The molecule has 0 unspecified atom stereocenters. The molecule has 1 heterocycles. The summed E-state index contributed by atoms with van der Waals surface area (Å²) < 4.78 is 27.1. The highest BCUT2D eigenvalue weighted by molar-refractivity contribution is 5.58. The van der Waals surface area contributed by atoms with Crippen molar-refractivity contribution in [1.29, 1.82) is 5.26 Å². The summed E-state index contributed by atoms with van der Waals surface area (Å²) in [6, 6.07) is 3.37. The Morgan fingerprint density at radius 1 is 1.38 bits per heavy atom. The second kappa shape index (κ2) is 3.58. The van der Waals surface area contributed by atoms with E-state index in [1.165, 1.54) is 0 Å². The van der Waals surface area contributed by atoms with E-state index in [-0.39, 0.29) is 17.2 Å². The fraction of sp³-hybridized carbons (Fsp3) is 0. The molecule has 1 aromatic heterocycles. The second-order valence-electron chi connectivity index (χ2n) is 2.94. The number of nitriles is 1. The number of nitrogens with two attached hydrogens (primary N) is 1. The lowest BCUT2D eigenvalue weighted by Gasteiger charge is -2.05. The molecule has 16 heavy (non-hydrogen) atoms. The standard InChI is InChI=1S/C9H5F2N5/c10-5-1-6(11)9(13)7(2-5)16-4-14-8(3-12)15-16/h1-2,4H,13H2. The number of hydrogen-bond donors (Lipinski definition) is 1. The number of aromatic nitrogens is 3. The first-order chi connectivity index (χ1) is 7.61. The highest BCUT2D eigenvalue weighted by Crippen LogP contribution is 2.21. The van der Waals surface area contributed by atoms with Crippen molar-refractivity contribution < 1.29 is 8.78 Å². The number of halogens is 2. The molecular weight excluding hydrogens is 216 g/mol. The predicted molar refractivity (Wildman–Crippen MR) is 50.4 cm³/mol. The van der Waals surface area contributed by atoms with Crippen LogP contribution in [0, 0.1) is 23.0 Å². The number of nitrogens with zero attached hydrogens (tertiary/aromatic N) is 4. The molecule has 0 saturated carbocycles. The number of hydrogen-bond acceptors (Lipinski definition) is 4. The lowest BCUT2D eigenvalue weighted by atomic mass is 10.2. The Labute approximate surface area is 88.7 Å². The molecule has 0 spiro atoms. The van der Waals surface area contributed by atoms with E-state index in [0.717, 1.165) is 17.1 Å². The first kappa shape index (κ1) is 10.0. The van der Waals surface area contributed by atoms with Crippen LogP contribution in [0.4, 0.5) is 14.5 Å². The zero-order chi connectivity index (χ0) is 11.7. The van der Waals surface area contributed by atoms with Crippen LogP contribution in [0.3, 0.4) is 0 Å². The third-order valence-corrected chi connectivity index (χ3v) is 1.91. The van der Waals surface area contributed by atoms with Gasteiger partial charge in [0, 0.05) is 12.1 Å². The molecule has 0 fully saturated rings. The molecule has 0 aliphatic rings. The number of rotatable bonds is 1. The van der Waals surface area contributed by atoms with Crippen LogP contribution in [0.15, 0.2) is 18.5 Å².